The van der Waals surface area contributed by atoms with Crippen LogP contribution in [0.2, 0.25) is 0 Å². The molecule has 35 heavy (non-hydrogen) atoms. The van der Waals surface area contributed by atoms with Crippen molar-refractivity contribution in [1.29, 1.82) is 0 Å². The minimum atomic E-state index is -1.63. The lowest BCUT2D eigenvalue weighted by Crippen LogP contribution is -2.61. The topological polar surface area (TPSA) is 178 Å². The standard InChI is InChI=1S/C23H30O12/c1-23(2,35-22-17(29)16(28)15(27)12(8-24)33-22)13(25)9-32-21-19-11(6-7-31-19)18(30-3)10-4-5-14(26)34-20(10)21/h4-5,12-13,15-17,22,24-25,27-29H,6-9H2,1-3H3/t12-,13-,15-,16+,17-,22-/m1/s1. The Morgan fingerprint density at radius 1 is 1.14 bits per heavy atom. The van der Waals surface area contributed by atoms with Gasteiger partial charge in [0.25, 0.3) is 0 Å². The van der Waals surface area contributed by atoms with Crippen LogP contribution in [-0.4, -0.2) is 94.9 Å². The van der Waals surface area contributed by atoms with Gasteiger partial charge in [-0.3, -0.25) is 0 Å². The first-order valence-electron chi connectivity index (χ1n) is 11.2. The Labute approximate surface area is 200 Å². The molecule has 4 rings (SSSR count). The van der Waals surface area contributed by atoms with Crippen molar-refractivity contribution in [3.8, 4) is 17.2 Å². The molecule has 194 valence electrons. The van der Waals surface area contributed by atoms with Gasteiger partial charge >= 0.3 is 5.63 Å². The van der Waals surface area contributed by atoms with Crippen LogP contribution in [0.5, 0.6) is 17.2 Å². The summed E-state index contributed by atoms with van der Waals surface area (Å²) in [5, 5.41) is 50.9. The zero-order chi connectivity index (χ0) is 25.5. The summed E-state index contributed by atoms with van der Waals surface area (Å²) in [6, 6.07) is 2.83. The highest BCUT2D eigenvalue weighted by atomic mass is 16.7. The highest BCUT2D eigenvalue weighted by molar-refractivity contribution is 5.93. The fourth-order valence-corrected chi connectivity index (χ4v) is 4.17. The van der Waals surface area contributed by atoms with E-state index in [0.717, 1.165) is 5.56 Å². The number of hydrogen-bond donors (Lipinski definition) is 5. The Kier molecular flexibility index (Phi) is 7.25. The van der Waals surface area contributed by atoms with Gasteiger partial charge in [-0.25, -0.2) is 4.79 Å². The minimum Gasteiger partial charge on any atom is -0.496 e. The fraction of sp³-hybridized carbons (Fsp3) is 0.609. The Balaban J connectivity index is 1.55. The molecule has 2 aromatic rings. The molecule has 1 fully saturated rings. The summed E-state index contributed by atoms with van der Waals surface area (Å²) in [5.41, 5.74) is -1.14. The second-order valence-corrected chi connectivity index (χ2v) is 9.01. The number of rotatable bonds is 8. The molecule has 0 radical (unpaired) electrons. The van der Waals surface area contributed by atoms with E-state index in [1.807, 2.05) is 0 Å². The van der Waals surface area contributed by atoms with Gasteiger partial charge in [0.15, 0.2) is 17.6 Å². The molecule has 0 amide bonds. The molecule has 0 bridgehead atoms. The molecule has 3 heterocycles. The number of methoxy groups -OCH3 is 1. The first-order valence-corrected chi connectivity index (χ1v) is 11.2. The fourth-order valence-electron chi connectivity index (χ4n) is 4.17. The summed E-state index contributed by atoms with van der Waals surface area (Å²) >= 11 is 0. The number of hydrogen-bond acceptors (Lipinski definition) is 12. The van der Waals surface area contributed by atoms with Crippen LogP contribution < -0.4 is 19.8 Å². The average molecular weight is 498 g/mol. The normalized spacial score (nSPS) is 27.4. The first kappa shape index (κ1) is 25.6. The summed E-state index contributed by atoms with van der Waals surface area (Å²) in [6.07, 6.45) is -8.14. The molecule has 2 aliphatic rings. The van der Waals surface area contributed by atoms with Crippen LogP contribution in [0.3, 0.4) is 0 Å². The molecule has 5 N–H and O–H groups in total. The summed E-state index contributed by atoms with van der Waals surface area (Å²) in [4.78, 5) is 11.9. The van der Waals surface area contributed by atoms with E-state index < -0.39 is 54.6 Å². The van der Waals surface area contributed by atoms with E-state index >= 15 is 0 Å². The molecule has 1 aromatic heterocycles. The van der Waals surface area contributed by atoms with Crippen molar-refractivity contribution >= 4 is 11.0 Å². The monoisotopic (exact) mass is 498 g/mol. The molecule has 12 nitrogen and oxygen atoms in total. The zero-order valence-electron chi connectivity index (χ0n) is 19.5. The number of benzene rings is 1. The quantitative estimate of drug-likeness (QED) is 0.283. The summed E-state index contributed by atoms with van der Waals surface area (Å²) < 4.78 is 33.6. The predicted molar refractivity (Wildman–Crippen MR) is 119 cm³/mol. The molecule has 12 heteroatoms. The van der Waals surface area contributed by atoms with E-state index in [2.05, 4.69) is 0 Å². The van der Waals surface area contributed by atoms with Gasteiger partial charge in [-0.1, -0.05) is 0 Å². The van der Waals surface area contributed by atoms with E-state index in [1.165, 1.54) is 27.0 Å². The number of aliphatic hydroxyl groups is 5. The summed E-state index contributed by atoms with van der Waals surface area (Å²) in [7, 11) is 1.50. The third-order valence-corrected chi connectivity index (χ3v) is 6.30. The number of fused-ring (bicyclic) bond motifs is 2. The lowest BCUT2D eigenvalue weighted by molar-refractivity contribution is -0.332. The largest absolute Gasteiger partial charge is 0.496 e. The van der Waals surface area contributed by atoms with E-state index in [0.29, 0.717) is 29.9 Å². The maximum Gasteiger partial charge on any atom is 0.336 e. The molecule has 0 spiro atoms. The van der Waals surface area contributed by atoms with Crippen LogP contribution in [-0.2, 0) is 15.9 Å². The van der Waals surface area contributed by atoms with Crippen LogP contribution in [0, 0.1) is 0 Å². The highest BCUT2D eigenvalue weighted by Crippen LogP contribution is 2.48. The third kappa shape index (κ3) is 4.70. The number of aliphatic hydroxyl groups excluding tert-OH is 5. The van der Waals surface area contributed by atoms with E-state index in [4.69, 9.17) is 28.1 Å². The second kappa shape index (κ2) is 9.90. The molecular formula is C23H30O12. The van der Waals surface area contributed by atoms with Crippen LogP contribution in [0.25, 0.3) is 11.0 Å². The van der Waals surface area contributed by atoms with Gasteiger partial charge in [0.2, 0.25) is 5.75 Å². The van der Waals surface area contributed by atoms with Gasteiger partial charge in [-0.2, -0.15) is 0 Å². The average Bonchev–Trinajstić information content (AvgIpc) is 3.31. The molecule has 0 aliphatic carbocycles. The van der Waals surface area contributed by atoms with Crippen LogP contribution >= 0.6 is 0 Å². The van der Waals surface area contributed by atoms with Crippen LogP contribution in [0.4, 0.5) is 0 Å². The van der Waals surface area contributed by atoms with Gasteiger partial charge < -0.3 is 53.6 Å². The van der Waals surface area contributed by atoms with Crippen LogP contribution in [0.1, 0.15) is 19.4 Å². The molecule has 0 saturated carbocycles. The molecule has 1 aromatic carbocycles. The molecular weight excluding hydrogens is 468 g/mol. The van der Waals surface area contributed by atoms with Crippen molar-refractivity contribution < 1.29 is 53.6 Å². The van der Waals surface area contributed by atoms with Gasteiger partial charge in [-0.15, -0.1) is 0 Å². The Morgan fingerprint density at radius 2 is 1.89 bits per heavy atom. The number of ether oxygens (including phenoxy) is 5. The lowest BCUT2D eigenvalue weighted by Gasteiger charge is -2.43. The van der Waals surface area contributed by atoms with E-state index in [9.17, 15) is 30.3 Å². The lowest BCUT2D eigenvalue weighted by atomic mass is 9.97. The van der Waals surface area contributed by atoms with Crippen molar-refractivity contribution in [3.05, 3.63) is 28.1 Å². The second-order valence-electron chi connectivity index (χ2n) is 9.01. The van der Waals surface area contributed by atoms with Gasteiger partial charge in [0, 0.05) is 18.1 Å². The van der Waals surface area contributed by atoms with Crippen molar-refractivity contribution in [2.45, 2.75) is 62.7 Å². The van der Waals surface area contributed by atoms with Crippen molar-refractivity contribution in [2.75, 3.05) is 26.9 Å². The molecule has 0 unspecified atom stereocenters. The van der Waals surface area contributed by atoms with Gasteiger partial charge in [0.05, 0.1) is 31.3 Å². The maximum atomic E-state index is 11.9. The third-order valence-electron chi connectivity index (χ3n) is 6.30. The van der Waals surface area contributed by atoms with E-state index in [1.54, 1.807) is 6.07 Å². The Bertz CT molecular complexity index is 1110. The molecule has 6 atom stereocenters. The van der Waals surface area contributed by atoms with Crippen molar-refractivity contribution in [2.24, 2.45) is 0 Å². The van der Waals surface area contributed by atoms with Crippen molar-refractivity contribution in [1.82, 2.24) is 0 Å². The molecule has 1 saturated heterocycles. The van der Waals surface area contributed by atoms with E-state index in [-0.39, 0.29) is 17.9 Å². The first-order chi connectivity index (χ1) is 16.6. The Hall–Kier alpha value is -2.45. The summed E-state index contributed by atoms with van der Waals surface area (Å²) in [6.45, 7) is 2.44. The predicted octanol–water partition coefficient (Wildman–Crippen LogP) is -0.929. The van der Waals surface area contributed by atoms with Gasteiger partial charge in [-0.05, 0) is 19.9 Å². The minimum absolute atomic E-state index is 0.106. The zero-order valence-corrected chi connectivity index (χ0v) is 19.5. The van der Waals surface area contributed by atoms with Gasteiger partial charge in [0.1, 0.15) is 42.9 Å². The SMILES string of the molecule is COc1c2c(c(OC[C@@H](O)C(C)(C)O[C@H]3O[C@H](CO)[C@@H](O)[C@H](O)[C@H]3O)c3oc(=O)ccc13)OCC2. The summed E-state index contributed by atoms with van der Waals surface area (Å²) in [5.74, 6) is 0.993. The van der Waals surface area contributed by atoms with Crippen molar-refractivity contribution in [3.63, 3.8) is 0 Å². The maximum absolute atomic E-state index is 11.9. The smallest absolute Gasteiger partial charge is 0.336 e. The highest BCUT2D eigenvalue weighted by Gasteiger charge is 2.47. The Morgan fingerprint density at radius 3 is 2.57 bits per heavy atom. The molecule has 2 aliphatic heterocycles. The van der Waals surface area contributed by atoms with Crippen LogP contribution in [0.15, 0.2) is 21.3 Å².